The molecular formula is C25H24FN3O3. The van der Waals surface area contributed by atoms with Crippen LogP contribution >= 0.6 is 0 Å². The van der Waals surface area contributed by atoms with Gasteiger partial charge < -0.3 is 20.7 Å². The summed E-state index contributed by atoms with van der Waals surface area (Å²) in [4.78, 5) is 25.0. The molecule has 1 aliphatic heterocycles. The molecule has 3 atom stereocenters. The van der Waals surface area contributed by atoms with Crippen LogP contribution in [0.3, 0.4) is 0 Å². The molecule has 164 valence electrons. The number of alkyl halides is 1. The molecule has 0 radical (unpaired) electrons. The van der Waals surface area contributed by atoms with Crippen molar-refractivity contribution in [3.8, 4) is 5.75 Å². The van der Waals surface area contributed by atoms with Crippen LogP contribution in [0.4, 0.5) is 14.9 Å². The molecule has 0 aliphatic carbocycles. The van der Waals surface area contributed by atoms with E-state index in [4.69, 9.17) is 4.74 Å². The molecule has 4 rings (SSSR count). The molecule has 0 bridgehead atoms. The summed E-state index contributed by atoms with van der Waals surface area (Å²) >= 11 is 0. The number of hydrogen-bond donors (Lipinski definition) is 3. The van der Waals surface area contributed by atoms with Crippen LogP contribution in [-0.4, -0.2) is 24.7 Å². The number of benzene rings is 3. The zero-order valence-corrected chi connectivity index (χ0v) is 17.5. The van der Waals surface area contributed by atoms with E-state index < -0.39 is 18.2 Å². The molecule has 1 heterocycles. The van der Waals surface area contributed by atoms with Crippen molar-refractivity contribution in [2.24, 2.45) is 0 Å². The number of fused-ring (bicyclic) bond motifs is 1. The highest BCUT2D eigenvalue weighted by Crippen LogP contribution is 2.33. The van der Waals surface area contributed by atoms with E-state index in [-0.39, 0.29) is 18.6 Å². The highest BCUT2D eigenvalue weighted by atomic mass is 19.1. The van der Waals surface area contributed by atoms with Crippen LogP contribution in [0, 0.1) is 0 Å². The number of rotatable bonds is 5. The highest BCUT2D eigenvalue weighted by molar-refractivity contribution is 6.04. The second-order valence-electron chi connectivity index (χ2n) is 7.63. The summed E-state index contributed by atoms with van der Waals surface area (Å²) in [6.45, 7) is 1.71. The fourth-order valence-corrected chi connectivity index (χ4v) is 3.64. The molecule has 6 nitrogen and oxygen atoms in total. The zero-order chi connectivity index (χ0) is 22.5. The summed E-state index contributed by atoms with van der Waals surface area (Å²) in [5, 5.41) is 8.41. The number of halogens is 1. The van der Waals surface area contributed by atoms with E-state index in [2.05, 4.69) is 16.0 Å². The molecule has 3 aromatic rings. The smallest absolute Gasteiger partial charge is 0.315 e. The monoisotopic (exact) mass is 433 g/mol. The Labute approximate surface area is 185 Å². The molecule has 0 saturated carbocycles. The van der Waals surface area contributed by atoms with Gasteiger partial charge in [0.25, 0.3) is 5.91 Å². The Morgan fingerprint density at radius 1 is 1.00 bits per heavy atom. The van der Waals surface area contributed by atoms with E-state index in [1.165, 1.54) is 0 Å². The predicted molar refractivity (Wildman–Crippen MR) is 120 cm³/mol. The third kappa shape index (κ3) is 4.88. The first-order chi connectivity index (χ1) is 15.5. The van der Waals surface area contributed by atoms with Crippen molar-refractivity contribution in [2.45, 2.75) is 25.2 Å². The summed E-state index contributed by atoms with van der Waals surface area (Å²) in [5.74, 6) is 0.356. The minimum absolute atomic E-state index is 0.110. The van der Waals surface area contributed by atoms with Crippen molar-refractivity contribution in [1.82, 2.24) is 10.6 Å². The lowest BCUT2D eigenvalue weighted by Crippen LogP contribution is -2.45. The van der Waals surface area contributed by atoms with E-state index in [0.717, 1.165) is 5.56 Å². The van der Waals surface area contributed by atoms with E-state index in [1.54, 1.807) is 66.7 Å². The van der Waals surface area contributed by atoms with Crippen LogP contribution in [0.2, 0.25) is 0 Å². The largest absolute Gasteiger partial charge is 0.490 e. The SMILES string of the molecule is CC(NC(=O)NC1c2ccccc2OCC1F)c1cccc(NC(=O)c2ccccc2)c1. The third-order valence-electron chi connectivity index (χ3n) is 5.33. The molecular weight excluding hydrogens is 409 g/mol. The van der Waals surface area contributed by atoms with E-state index in [1.807, 2.05) is 19.1 Å². The maximum Gasteiger partial charge on any atom is 0.315 e. The lowest BCUT2D eigenvalue weighted by Gasteiger charge is -2.30. The summed E-state index contributed by atoms with van der Waals surface area (Å²) in [6, 6.07) is 21.6. The summed E-state index contributed by atoms with van der Waals surface area (Å²) in [7, 11) is 0. The van der Waals surface area contributed by atoms with Crippen molar-refractivity contribution in [3.05, 3.63) is 95.6 Å². The lowest BCUT2D eigenvalue weighted by molar-refractivity contribution is 0.102. The Morgan fingerprint density at radius 3 is 2.56 bits per heavy atom. The maximum absolute atomic E-state index is 14.5. The van der Waals surface area contributed by atoms with Crippen LogP contribution in [0.15, 0.2) is 78.9 Å². The molecule has 0 saturated heterocycles. The van der Waals surface area contributed by atoms with Crippen LogP contribution in [0.5, 0.6) is 5.75 Å². The molecule has 3 aromatic carbocycles. The predicted octanol–water partition coefficient (Wildman–Crippen LogP) is 4.77. The lowest BCUT2D eigenvalue weighted by atomic mass is 9.99. The summed E-state index contributed by atoms with van der Waals surface area (Å²) < 4.78 is 19.8. The number of anilines is 1. The molecule has 32 heavy (non-hydrogen) atoms. The van der Waals surface area contributed by atoms with Crippen molar-refractivity contribution in [1.29, 1.82) is 0 Å². The normalized spacial score (nSPS) is 17.9. The second kappa shape index (κ2) is 9.51. The van der Waals surface area contributed by atoms with Gasteiger partial charge in [-0.25, -0.2) is 9.18 Å². The maximum atomic E-state index is 14.5. The fraction of sp³-hybridized carbons (Fsp3) is 0.200. The van der Waals surface area contributed by atoms with Gasteiger partial charge in [0.2, 0.25) is 0 Å². The number of para-hydroxylation sites is 1. The van der Waals surface area contributed by atoms with Gasteiger partial charge in [-0.3, -0.25) is 4.79 Å². The first-order valence-corrected chi connectivity index (χ1v) is 10.4. The molecule has 0 fully saturated rings. The minimum Gasteiger partial charge on any atom is -0.490 e. The van der Waals surface area contributed by atoms with Gasteiger partial charge in [0, 0.05) is 16.8 Å². The second-order valence-corrected chi connectivity index (χ2v) is 7.63. The van der Waals surface area contributed by atoms with Gasteiger partial charge in [-0.15, -0.1) is 0 Å². The molecule has 7 heteroatoms. The minimum atomic E-state index is -1.34. The Kier molecular flexibility index (Phi) is 6.35. The molecule has 1 aliphatic rings. The fourth-order valence-electron chi connectivity index (χ4n) is 3.64. The molecule has 0 aromatic heterocycles. The summed E-state index contributed by atoms with van der Waals surface area (Å²) in [6.07, 6.45) is -1.34. The number of carbonyl (C=O) groups excluding carboxylic acids is 2. The van der Waals surface area contributed by atoms with Gasteiger partial charge in [0.15, 0.2) is 6.17 Å². The average molecular weight is 433 g/mol. The number of amides is 3. The quantitative estimate of drug-likeness (QED) is 0.542. The topological polar surface area (TPSA) is 79.5 Å². The summed E-state index contributed by atoms with van der Waals surface area (Å²) in [5.41, 5.74) is 2.59. The van der Waals surface area contributed by atoms with Crippen molar-refractivity contribution in [2.75, 3.05) is 11.9 Å². The molecule has 3 unspecified atom stereocenters. The van der Waals surface area contributed by atoms with E-state index in [9.17, 15) is 14.0 Å². The van der Waals surface area contributed by atoms with Crippen LogP contribution in [0.25, 0.3) is 0 Å². The number of carbonyl (C=O) groups is 2. The van der Waals surface area contributed by atoms with Gasteiger partial charge in [-0.1, -0.05) is 48.5 Å². The molecule has 3 N–H and O–H groups in total. The van der Waals surface area contributed by atoms with Gasteiger partial charge in [-0.05, 0) is 42.8 Å². The number of ether oxygens (including phenoxy) is 1. The first kappa shape index (κ1) is 21.4. The number of hydrogen-bond acceptors (Lipinski definition) is 3. The Balaban J connectivity index is 1.40. The Hall–Kier alpha value is -3.87. The Morgan fingerprint density at radius 2 is 1.75 bits per heavy atom. The highest BCUT2D eigenvalue weighted by Gasteiger charge is 2.32. The molecule has 3 amide bonds. The first-order valence-electron chi connectivity index (χ1n) is 10.4. The number of urea groups is 1. The third-order valence-corrected chi connectivity index (χ3v) is 5.33. The average Bonchev–Trinajstić information content (AvgIpc) is 2.81. The Bertz CT molecular complexity index is 1110. The van der Waals surface area contributed by atoms with Gasteiger partial charge >= 0.3 is 6.03 Å². The number of nitrogens with one attached hydrogen (secondary N) is 3. The van der Waals surface area contributed by atoms with Gasteiger partial charge in [0.1, 0.15) is 12.4 Å². The van der Waals surface area contributed by atoms with Crippen LogP contribution in [0.1, 0.15) is 40.5 Å². The molecule has 0 spiro atoms. The standard InChI is InChI=1S/C25H24FN3O3/c1-16(18-10-7-11-19(14-18)28-24(30)17-8-3-2-4-9-17)27-25(31)29-23-20-12-5-6-13-22(20)32-15-21(23)26/h2-14,16,21,23H,15H2,1H3,(H,28,30)(H2,27,29,31). The van der Waals surface area contributed by atoms with Crippen LogP contribution < -0.4 is 20.7 Å². The van der Waals surface area contributed by atoms with Crippen LogP contribution in [-0.2, 0) is 0 Å². The van der Waals surface area contributed by atoms with Gasteiger partial charge in [-0.2, -0.15) is 0 Å². The van der Waals surface area contributed by atoms with Gasteiger partial charge in [0.05, 0.1) is 12.1 Å². The zero-order valence-electron chi connectivity index (χ0n) is 17.5. The van der Waals surface area contributed by atoms with Crippen molar-refractivity contribution < 1.29 is 18.7 Å². The van der Waals surface area contributed by atoms with E-state index in [0.29, 0.717) is 22.6 Å². The van der Waals surface area contributed by atoms with Crippen molar-refractivity contribution >= 4 is 17.6 Å². The van der Waals surface area contributed by atoms with E-state index >= 15 is 0 Å². The van der Waals surface area contributed by atoms with Crippen molar-refractivity contribution in [3.63, 3.8) is 0 Å².